The normalized spacial score (nSPS) is 12.9. The van der Waals surface area contributed by atoms with Crippen molar-refractivity contribution in [3.63, 3.8) is 0 Å². The Labute approximate surface area is 453 Å². The minimum atomic E-state index is -0.139. The van der Waals surface area contributed by atoms with Crippen molar-refractivity contribution >= 4 is 92.3 Å². The van der Waals surface area contributed by atoms with Gasteiger partial charge in [-0.05, 0) is 107 Å². The fourth-order valence-electron chi connectivity index (χ4n) is 10.9. The lowest BCUT2D eigenvalue weighted by molar-refractivity contribution is 0.0254. The quantitative estimate of drug-likeness (QED) is 0.0285. The minimum absolute atomic E-state index is 0.0104. The van der Waals surface area contributed by atoms with E-state index in [2.05, 4.69) is 85.7 Å². The van der Waals surface area contributed by atoms with Gasteiger partial charge in [0.2, 0.25) is 0 Å². The number of thiophene rings is 4. The predicted molar refractivity (Wildman–Crippen MR) is 323 cm³/mol. The number of esters is 1. The number of carbonyl (C=O) groups is 1. The molecule has 8 heteroatoms. The molecule has 0 fully saturated rings. The van der Waals surface area contributed by atoms with Crippen molar-refractivity contribution in [3.05, 3.63) is 45.0 Å². The maximum Gasteiger partial charge on any atom is 0.348 e. The van der Waals surface area contributed by atoms with Crippen LogP contribution in [0.25, 0.3) is 50.8 Å². The third kappa shape index (κ3) is 17.2. The summed E-state index contributed by atoms with van der Waals surface area (Å²) in [6.45, 7) is 19.8. The Morgan fingerprint density at radius 1 is 0.444 bits per heavy atom. The van der Waals surface area contributed by atoms with Gasteiger partial charge in [-0.25, -0.2) is 4.79 Å². The molecular formula is C64H96O4S4. The number of rotatable bonds is 39. The molecule has 0 bridgehead atoms. The monoisotopic (exact) mass is 1060 g/mol. The number of fused-ring (bicyclic) bond motifs is 4. The summed E-state index contributed by atoms with van der Waals surface area (Å²) in [4.78, 5) is 20.0. The van der Waals surface area contributed by atoms with E-state index in [1.807, 2.05) is 34.0 Å². The van der Waals surface area contributed by atoms with Crippen molar-refractivity contribution in [2.45, 2.75) is 254 Å². The van der Waals surface area contributed by atoms with E-state index in [1.54, 1.807) is 11.3 Å². The Balaban J connectivity index is 1.37. The Bertz CT molecular complexity index is 2470. The molecule has 0 amide bonds. The topological polar surface area (TPSA) is 44.8 Å². The number of carbonyl (C=O) groups excluding carboxylic acids is 1. The molecule has 2 unspecified atom stereocenters. The molecular weight excluding hydrogens is 961 g/mol. The van der Waals surface area contributed by atoms with Crippen LogP contribution in [0.3, 0.4) is 0 Å². The van der Waals surface area contributed by atoms with Crippen molar-refractivity contribution in [1.29, 1.82) is 0 Å². The lowest BCUT2D eigenvalue weighted by Gasteiger charge is -2.21. The van der Waals surface area contributed by atoms with Gasteiger partial charge in [-0.3, -0.25) is 0 Å². The van der Waals surface area contributed by atoms with Gasteiger partial charge in [-0.15, -0.1) is 45.3 Å². The van der Waals surface area contributed by atoms with Crippen LogP contribution in [-0.2, 0) is 4.74 Å². The number of ether oxygens (including phenoxy) is 3. The Hall–Kier alpha value is -2.65. The summed E-state index contributed by atoms with van der Waals surface area (Å²) < 4.78 is 24.8. The zero-order valence-electron chi connectivity index (χ0n) is 46.5. The highest BCUT2D eigenvalue weighted by molar-refractivity contribution is 7.30. The molecule has 0 radical (unpaired) electrons. The molecule has 0 saturated heterocycles. The second kappa shape index (κ2) is 32.1. The number of unbranched alkanes of at least 4 members (excludes halogenated alkanes) is 18. The Morgan fingerprint density at radius 3 is 1.42 bits per heavy atom. The molecule has 0 N–H and O–H groups in total. The number of benzene rings is 2. The molecule has 6 rings (SSSR count). The molecule has 0 aliphatic heterocycles. The predicted octanol–water partition coefficient (Wildman–Crippen LogP) is 23.2. The van der Waals surface area contributed by atoms with Crippen LogP contribution in [0.4, 0.5) is 0 Å². The summed E-state index contributed by atoms with van der Waals surface area (Å²) >= 11 is 7.24. The van der Waals surface area contributed by atoms with E-state index in [0.29, 0.717) is 11.8 Å². The van der Waals surface area contributed by atoms with Crippen molar-refractivity contribution in [2.24, 2.45) is 11.8 Å². The zero-order valence-corrected chi connectivity index (χ0v) is 49.8. The fourth-order valence-corrected chi connectivity index (χ4v) is 15.3. The van der Waals surface area contributed by atoms with Gasteiger partial charge in [0.25, 0.3) is 0 Å². The van der Waals surface area contributed by atoms with Crippen LogP contribution < -0.4 is 9.47 Å². The van der Waals surface area contributed by atoms with Crippen LogP contribution in [0.2, 0.25) is 0 Å². The molecule has 0 aliphatic rings. The molecule has 4 aromatic heterocycles. The first-order chi connectivity index (χ1) is 35.2. The summed E-state index contributed by atoms with van der Waals surface area (Å²) in [6, 6.07) is 11.8. The van der Waals surface area contributed by atoms with E-state index in [1.165, 1.54) is 227 Å². The van der Waals surface area contributed by atoms with Gasteiger partial charge in [0.05, 0.1) is 18.1 Å². The number of hydrogen-bond donors (Lipinski definition) is 0. The molecule has 0 saturated carbocycles. The van der Waals surface area contributed by atoms with E-state index in [0.717, 1.165) is 55.3 Å². The van der Waals surface area contributed by atoms with Crippen LogP contribution >= 0.6 is 45.3 Å². The zero-order chi connectivity index (χ0) is 51.1. The largest absolute Gasteiger partial charge is 0.492 e. The van der Waals surface area contributed by atoms with E-state index >= 15 is 0 Å². The number of hydrogen-bond acceptors (Lipinski definition) is 8. The smallest absolute Gasteiger partial charge is 0.348 e. The van der Waals surface area contributed by atoms with Gasteiger partial charge in [-0.1, -0.05) is 183 Å². The van der Waals surface area contributed by atoms with Crippen LogP contribution in [0, 0.1) is 25.7 Å². The lowest BCUT2D eigenvalue weighted by atomic mass is 9.95. The van der Waals surface area contributed by atoms with Gasteiger partial charge < -0.3 is 14.2 Å². The first-order valence-electron chi connectivity index (χ1n) is 29.7. The van der Waals surface area contributed by atoms with Crippen molar-refractivity contribution < 1.29 is 19.0 Å². The van der Waals surface area contributed by atoms with Crippen LogP contribution in [0.1, 0.15) is 254 Å². The molecule has 72 heavy (non-hydrogen) atoms. The highest BCUT2D eigenvalue weighted by Gasteiger charge is 2.25. The van der Waals surface area contributed by atoms with Crippen molar-refractivity contribution in [3.8, 4) is 21.3 Å². The van der Waals surface area contributed by atoms with Crippen molar-refractivity contribution in [2.75, 3.05) is 13.2 Å². The fraction of sp³-hybridized carbons (Fsp3) is 0.672. The van der Waals surface area contributed by atoms with Gasteiger partial charge in [-0.2, -0.15) is 0 Å². The Morgan fingerprint density at radius 2 is 0.889 bits per heavy atom. The highest BCUT2D eigenvalue weighted by Crippen LogP contribution is 2.51. The van der Waals surface area contributed by atoms with E-state index < -0.39 is 0 Å². The first kappa shape index (κ1) is 58.6. The molecule has 0 spiro atoms. The van der Waals surface area contributed by atoms with E-state index in [9.17, 15) is 4.79 Å². The summed E-state index contributed by atoms with van der Waals surface area (Å²) in [5, 5.41) is 5.96. The molecule has 4 heterocycles. The molecule has 0 aliphatic carbocycles. The summed E-state index contributed by atoms with van der Waals surface area (Å²) in [7, 11) is 0. The van der Waals surface area contributed by atoms with Crippen LogP contribution in [-0.4, -0.2) is 25.3 Å². The summed E-state index contributed by atoms with van der Waals surface area (Å²) in [5.41, 5.74) is 0. The minimum Gasteiger partial charge on any atom is -0.492 e. The molecule has 4 nitrogen and oxygen atoms in total. The number of aryl methyl sites for hydroxylation is 2. The SMILES string of the molecule is CCCCCCCCC(CCCCCCCC)OC(=O)c1cc2c(-c3cc4c(OCC(CCCC)CCCCCC)c5cc6sc(C)cc6c(OCC(CCCC)CCCCCC)c5cc4s3)sc(C)c2s1. The second-order valence-electron chi connectivity index (χ2n) is 21.6. The van der Waals surface area contributed by atoms with Crippen molar-refractivity contribution in [1.82, 2.24) is 0 Å². The third-order valence-corrected chi connectivity index (χ3v) is 20.0. The van der Waals surface area contributed by atoms with Crippen LogP contribution in [0.5, 0.6) is 11.5 Å². The van der Waals surface area contributed by atoms with Gasteiger partial charge in [0.15, 0.2) is 0 Å². The standard InChI is InChI=1S/C64H96O4S4/c1-9-15-21-25-27-31-37-50(38-32-28-26-22-16-10-2)68-64(65)59-43-55-62(72-59)47(8)70-63(55)58-42-54-57(71-58)41-52-51(61(54)67-45-49(34-20-14-6)36-30-24-18-12-4)40-56-53(39-46(7)69-56)60(52)66-44-48(33-19-13-5)35-29-23-17-11-3/h39-43,48-50H,9-38,44-45H2,1-8H3. The van der Waals surface area contributed by atoms with Gasteiger partial charge in [0, 0.05) is 55.7 Å². The average molecular weight is 1060 g/mol. The second-order valence-corrected chi connectivity index (χ2v) is 26.3. The molecule has 2 atom stereocenters. The maximum atomic E-state index is 14.2. The van der Waals surface area contributed by atoms with E-state index in [-0.39, 0.29) is 12.1 Å². The van der Waals surface area contributed by atoms with E-state index in [4.69, 9.17) is 14.2 Å². The summed E-state index contributed by atoms with van der Waals surface area (Å²) in [6.07, 6.45) is 37.1. The Kier molecular flexibility index (Phi) is 26.1. The highest BCUT2D eigenvalue weighted by atomic mass is 32.1. The molecule has 6 aromatic rings. The van der Waals surface area contributed by atoms with Gasteiger partial charge >= 0.3 is 5.97 Å². The molecule has 400 valence electrons. The third-order valence-electron chi connectivity index (χ3n) is 15.3. The summed E-state index contributed by atoms with van der Waals surface area (Å²) in [5.74, 6) is 2.99. The van der Waals surface area contributed by atoms with Crippen LogP contribution in [0.15, 0.2) is 30.3 Å². The molecule has 2 aromatic carbocycles. The average Bonchev–Trinajstić information content (AvgIpc) is 4.17. The maximum absolute atomic E-state index is 14.2. The lowest BCUT2D eigenvalue weighted by Crippen LogP contribution is -2.18. The van der Waals surface area contributed by atoms with Gasteiger partial charge in [0.1, 0.15) is 22.5 Å². The first-order valence-corrected chi connectivity index (χ1v) is 32.9.